The molecule has 0 saturated carbocycles. The number of esters is 1. The van der Waals surface area contributed by atoms with Gasteiger partial charge in [0.25, 0.3) is 0 Å². The smallest absolute Gasteiger partial charge is 0.341 e. The third kappa shape index (κ3) is 6.03. The summed E-state index contributed by atoms with van der Waals surface area (Å²) >= 11 is 4.64. The Hall–Kier alpha value is -2.17. The number of amides is 1. The number of ether oxygens (including phenoxy) is 1. The third-order valence-electron chi connectivity index (χ3n) is 6.15. The van der Waals surface area contributed by atoms with Gasteiger partial charge in [0.1, 0.15) is 5.00 Å². The Kier molecular flexibility index (Phi) is 9.25. The summed E-state index contributed by atoms with van der Waals surface area (Å²) in [5.41, 5.74) is 2.67. The first kappa shape index (κ1) is 26.9. The van der Waals surface area contributed by atoms with E-state index in [1.54, 1.807) is 18.3 Å². The Bertz CT molecular complexity index is 1210. The van der Waals surface area contributed by atoms with Gasteiger partial charge < -0.3 is 14.6 Å². The summed E-state index contributed by atoms with van der Waals surface area (Å²) in [6.45, 7) is 9.42. The average Bonchev–Trinajstić information content (AvgIpc) is 3.55. The number of aromatic nitrogens is 3. The predicted octanol–water partition coefficient (Wildman–Crippen LogP) is 6.46. The normalized spacial score (nSPS) is 15.1. The number of carbonyl (C=O) groups excluding carboxylic acids is 2. The molecule has 3 aromatic rings. The number of carbonyl (C=O) groups is 2. The summed E-state index contributed by atoms with van der Waals surface area (Å²) in [5, 5.41) is 15.3. The van der Waals surface area contributed by atoms with Gasteiger partial charge in [0.15, 0.2) is 11.0 Å². The third-order valence-corrected chi connectivity index (χ3v) is 9.28. The predicted molar refractivity (Wildman–Crippen MR) is 148 cm³/mol. The van der Waals surface area contributed by atoms with E-state index < -0.39 is 0 Å². The van der Waals surface area contributed by atoms with Crippen LogP contribution in [0.3, 0.4) is 0 Å². The lowest BCUT2D eigenvalue weighted by atomic mass is 9.88. The van der Waals surface area contributed by atoms with E-state index in [1.807, 2.05) is 0 Å². The fourth-order valence-electron chi connectivity index (χ4n) is 4.46. The molecule has 0 aliphatic heterocycles. The summed E-state index contributed by atoms with van der Waals surface area (Å²) in [6, 6.07) is 2.20. The van der Waals surface area contributed by atoms with Crippen LogP contribution >= 0.6 is 34.4 Å². The number of rotatable bonds is 11. The monoisotopic (exact) mass is 546 g/mol. The maximum absolute atomic E-state index is 13.0. The van der Waals surface area contributed by atoms with Gasteiger partial charge in [0.05, 0.1) is 17.9 Å². The second-order valence-electron chi connectivity index (χ2n) is 9.12. The molecule has 1 aliphatic rings. The maximum atomic E-state index is 13.0. The standard InChI is InChI=1S/C26H34N4O3S3/c1-5-8-18-13-17(14-34-18)23-28-29-26(30(23)11-6-2)35-15-21(31)27-24-22(25(32)33-7-3)19-10-9-16(4)12-20(19)36-24/h13-14,16H,5-12,15H2,1-4H3,(H,27,31). The Balaban J connectivity index is 1.49. The zero-order chi connectivity index (χ0) is 25.7. The van der Waals surface area contributed by atoms with Crippen LogP contribution in [0.15, 0.2) is 16.6 Å². The number of fused-ring (bicyclic) bond motifs is 1. The molecule has 0 radical (unpaired) electrons. The van der Waals surface area contributed by atoms with Gasteiger partial charge in [-0.2, -0.15) is 0 Å². The number of thiophene rings is 2. The maximum Gasteiger partial charge on any atom is 0.341 e. The van der Waals surface area contributed by atoms with Crippen LogP contribution in [0.25, 0.3) is 11.4 Å². The topological polar surface area (TPSA) is 86.1 Å². The number of nitrogens with zero attached hydrogens (tertiary/aromatic N) is 3. The van der Waals surface area contributed by atoms with E-state index in [0.29, 0.717) is 23.1 Å². The fourth-order valence-corrected chi connectivity index (χ4v) is 7.61. The van der Waals surface area contributed by atoms with E-state index in [4.69, 9.17) is 4.74 Å². The van der Waals surface area contributed by atoms with Gasteiger partial charge in [-0.25, -0.2) is 4.79 Å². The lowest BCUT2D eigenvalue weighted by Gasteiger charge is -2.18. The van der Waals surface area contributed by atoms with Crippen LogP contribution in [-0.4, -0.2) is 39.0 Å². The van der Waals surface area contributed by atoms with Crippen molar-refractivity contribution in [3.05, 3.63) is 32.3 Å². The largest absolute Gasteiger partial charge is 0.462 e. The highest BCUT2D eigenvalue weighted by Crippen LogP contribution is 2.40. The van der Waals surface area contributed by atoms with Crippen LogP contribution in [0.2, 0.25) is 0 Å². The highest BCUT2D eigenvalue weighted by atomic mass is 32.2. The molecule has 194 valence electrons. The van der Waals surface area contributed by atoms with Crippen molar-refractivity contribution in [2.45, 2.75) is 77.9 Å². The lowest BCUT2D eigenvalue weighted by Crippen LogP contribution is -2.18. The summed E-state index contributed by atoms with van der Waals surface area (Å²) in [6.07, 6.45) is 5.94. The number of hydrogen-bond acceptors (Lipinski definition) is 8. The number of aryl methyl sites for hydroxylation is 1. The van der Waals surface area contributed by atoms with Crippen molar-refractivity contribution in [3.8, 4) is 11.4 Å². The summed E-state index contributed by atoms with van der Waals surface area (Å²) in [7, 11) is 0. The van der Waals surface area contributed by atoms with E-state index in [0.717, 1.165) is 67.2 Å². The minimum atomic E-state index is -0.349. The molecule has 0 saturated heterocycles. The molecule has 0 fully saturated rings. The molecule has 4 rings (SSSR count). The molecule has 7 nitrogen and oxygen atoms in total. The first-order valence-corrected chi connectivity index (χ1v) is 15.4. The summed E-state index contributed by atoms with van der Waals surface area (Å²) in [5.74, 6) is 1.10. The molecule has 0 aromatic carbocycles. The Labute approximate surface area is 225 Å². The Morgan fingerprint density at radius 3 is 2.83 bits per heavy atom. The Morgan fingerprint density at radius 1 is 1.25 bits per heavy atom. The quantitative estimate of drug-likeness (QED) is 0.219. The average molecular weight is 547 g/mol. The molecule has 36 heavy (non-hydrogen) atoms. The molecule has 10 heteroatoms. The van der Waals surface area contributed by atoms with Gasteiger partial charge in [0.2, 0.25) is 5.91 Å². The van der Waals surface area contributed by atoms with E-state index >= 15 is 0 Å². The van der Waals surface area contributed by atoms with Crippen molar-refractivity contribution in [2.24, 2.45) is 5.92 Å². The van der Waals surface area contributed by atoms with Crippen LogP contribution in [0.5, 0.6) is 0 Å². The number of hydrogen-bond donors (Lipinski definition) is 1. The molecule has 0 spiro atoms. The van der Waals surface area contributed by atoms with Gasteiger partial charge >= 0.3 is 5.97 Å². The zero-order valence-electron chi connectivity index (χ0n) is 21.4. The van der Waals surface area contributed by atoms with Crippen molar-refractivity contribution in [2.75, 3.05) is 17.7 Å². The molecule has 0 bridgehead atoms. The summed E-state index contributed by atoms with van der Waals surface area (Å²) < 4.78 is 7.43. The minimum Gasteiger partial charge on any atom is -0.462 e. The van der Waals surface area contributed by atoms with Crippen LogP contribution in [0.1, 0.15) is 72.6 Å². The highest BCUT2D eigenvalue weighted by molar-refractivity contribution is 7.99. The second-order valence-corrected chi connectivity index (χ2v) is 12.2. The van der Waals surface area contributed by atoms with Crippen molar-refractivity contribution >= 4 is 51.3 Å². The first-order chi connectivity index (χ1) is 17.4. The van der Waals surface area contributed by atoms with Crippen LogP contribution < -0.4 is 5.32 Å². The lowest BCUT2D eigenvalue weighted by molar-refractivity contribution is -0.113. The number of nitrogens with one attached hydrogen (secondary N) is 1. The fraction of sp³-hybridized carbons (Fsp3) is 0.538. The van der Waals surface area contributed by atoms with Gasteiger partial charge in [-0.1, -0.05) is 39.0 Å². The SMILES string of the molecule is CCCc1cc(-c2nnc(SCC(=O)Nc3sc4c(c3C(=O)OCC)CCC(C)C4)n2CCC)cs1. The van der Waals surface area contributed by atoms with Crippen molar-refractivity contribution in [3.63, 3.8) is 0 Å². The Morgan fingerprint density at radius 2 is 2.08 bits per heavy atom. The van der Waals surface area contributed by atoms with Crippen molar-refractivity contribution in [1.82, 2.24) is 14.8 Å². The van der Waals surface area contributed by atoms with Gasteiger partial charge in [0, 0.05) is 27.2 Å². The van der Waals surface area contributed by atoms with E-state index in [2.05, 4.69) is 52.3 Å². The highest BCUT2D eigenvalue weighted by Gasteiger charge is 2.29. The van der Waals surface area contributed by atoms with Crippen LogP contribution in [-0.2, 0) is 35.3 Å². The number of thioether (sulfide) groups is 1. The van der Waals surface area contributed by atoms with Gasteiger partial charge in [-0.05, 0) is 56.6 Å². The summed E-state index contributed by atoms with van der Waals surface area (Å²) in [4.78, 5) is 28.3. The van der Waals surface area contributed by atoms with Crippen LogP contribution in [0.4, 0.5) is 5.00 Å². The van der Waals surface area contributed by atoms with Gasteiger partial charge in [-0.3, -0.25) is 4.79 Å². The van der Waals surface area contributed by atoms with E-state index in [1.165, 1.54) is 32.9 Å². The molecular weight excluding hydrogens is 513 g/mol. The molecule has 3 heterocycles. The number of anilines is 1. The van der Waals surface area contributed by atoms with E-state index in [-0.39, 0.29) is 17.6 Å². The molecule has 1 N–H and O–H groups in total. The van der Waals surface area contributed by atoms with Crippen molar-refractivity contribution < 1.29 is 14.3 Å². The van der Waals surface area contributed by atoms with Gasteiger partial charge in [-0.15, -0.1) is 32.9 Å². The molecular formula is C26H34N4O3S3. The first-order valence-electron chi connectivity index (χ1n) is 12.7. The molecule has 1 atom stereocenters. The molecule has 3 aromatic heterocycles. The second kappa shape index (κ2) is 12.4. The molecule has 1 unspecified atom stereocenters. The zero-order valence-corrected chi connectivity index (χ0v) is 23.8. The van der Waals surface area contributed by atoms with Crippen molar-refractivity contribution in [1.29, 1.82) is 0 Å². The van der Waals surface area contributed by atoms with E-state index in [9.17, 15) is 9.59 Å². The molecule has 1 aliphatic carbocycles. The van der Waals surface area contributed by atoms with Crippen LogP contribution in [0, 0.1) is 5.92 Å². The minimum absolute atomic E-state index is 0.162. The molecule has 1 amide bonds.